The molecule has 144 valence electrons. The van der Waals surface area contributed by atoms with Crippen molar-refractivity contribution < 1.29 is 17.6 Å². The Hall–Kier alpha value is -1.67. The van der Waals surface area contributed by atoms with Crippen molar-refractivity contribution in [2.45, 2.75) is 11.3 Å². The maximum Gasteiger partial charge on any atom is 0.243 e. The summed E-state index contributed by atoms with van der Waals surface area (Å²) in [5.41, 5.74) is 0.736. The second-order valence-electron chi connectivity index (χ2n) is 6.13. The van der Waals surface area contributed by atoms with Gasteiger partial charge in [-0.3, -0.25) is 4.79 Å². The van der Waals surface area contributed by atoms with E-state index in [1.54, 1.807) is 23.1 Å². The molecule has 1 amide bonds. The minimum Gasteiger partial charge on any atom is -0.340 e. The van der Waals surface area contributed by atoms with Crippen molar-refractivity contribution in [3.8, 4) is 0 Å². The maximum atomic E-state index is 13.3. The number of carbonyl (C=O) groups is 1. The molecule has 27 heavy (non-hydrogen) atoms. The van der Waals surface area contributed by atoms with E-state index in [2.05, 4.69) is 0 Å². The summed E-state index contributed by atoms with van der Waals surface area (Å²) in [5, 5.41) is 0.282. The minimum absolute atomic E-state index is 0.0651. The smallest absolute Gasteiger partial charge is 0.243 e. The average molecular weight is 431 g/mol. The van der Waals surface area contributed by atoms with Gasteiger partial charge in [0.05, 0.1) is 16.3 Å². The van der Waals surface area contributed by atoms with Crippen LogP contribution in [0.15, 0.2) is 47.4 Å². The van der Waals surface area contributed by atoms with Crippen LogP contribution in [-0.2, 0) is 21.2 Å². The Morgan fingerprint density at radius 1 is 1.00 bits per heavy atom. The number of rotatable bonds is 4. The zero-order chi connectivity index (χ0) is 19.6. The molecule has 0 bridgehead atoms. The standard InChI is InChI=1S/C18H17Cl2FN2O3S/c19-15-4-2-1-3-13(15)11-18(24)22-7-9-23(10-8-22)27(25,26)14-5-6-17(21)16(20)12-14/h1-6,12H,7-11H2. The average Bonchev–Trinajstić information content (AvgIpc) is 2.65. The van der Waals surface area contributed by atoms with Gasteiger partial charge in [-0.25, -0.2) is 12.8 Å². The Morgan fingerprint density at radius 3 is 2.30 bits per heavy atom. The van der Waals surface area contributed by atoms with Gasteiger partial charge >= 0.3 is 0 Å². The highest BCUT2D eigenvalue weighted by atomic mass is 35.5. The van der Waals surface area contributed by atoms with E-state index in [0.717, 1.165) is 17.7 Å². The van der Waals surface area contributed by atoms with E-state index >= 15 is 0 Å². The quantitative estimate of drug-likeness (QED) is 0.747. The molecule has 0 atom stereocenters. The normalized spacial score (nSPS) is 15.7. The van der Waals surface area contributed by atoms with Crippen LogP contribution in [0, 0.1) is 5.82 Å². The molecule has 1 fully saturated rings. The molecule has 0 radical (unpaired) electrons. The molecule has 0 saturated carbocycles. The first kappa shape index (κ1) is 20.1. The summed E-state index contributed by atoms with van der Waals surface area (Å²) in [6.07, 6.45) is 0.167. The van der Waals surface area contributed by atoms with Gasteiger partial charge in [0.2, 0.25) is 15.9 Å². The van der Waals surface area contributed by atoms with Gasteiger partial charge in [0.1, 0.15) is 5.82 Å². The number of amides is 1. The fraction of sp³-hybridized carbons (Fsp3) is 0.278. The summed E-state index contributed by atoms with van der Waals surface area (Å²) >= 11 is 11.8. The third-order valence-electron chi connectivity index (χ3n) is 4.42. The number of hydrogen-bond acceptors (Lipinski definition) is 3. The van der Waals surface area contributed by atoms with Crippen molar-refractivity contribution in [1.82, 2.24) is 9.21 Å². The predicted octanol–water partition coefficient (Wildman–Crippen LogP) is 3.21. The summed E-state index contributed by atoms with van der Waals surface area (Å²) in [4.78, 5) is 14.0. The van der Waals surface area contributed by atoms with E-state index in [1.807, 2.05) is 6.07 Å². The summed E-state index contributed by atoms with van der Waals surface area (Å²) < 4.78 is 39.9. The maximum absolute atomic E-state index is 13.3. The van der Waals surface area contributed by atoms with Crippen molar-refractivity contribution in [1.29, 1.82) is 0 Å². The zero-order valence-electron chi connectivity index (χ0n) is 14.2. The number of nitrogens with zero attached hydrogens (tertiary/aromatic N) is 2. The van der Waals surface area contributed by atoms with E-state index in [4.69, 9.17) is 23.2 Å². The number of piperazine rings is 1. The molecule has 3 rings (SSSR count). The first-order valence-electron chi connectivity index (χ1n) is 8.25. The van der Waals surface area contributed by atoms with Gasteiger partial charge in [0, 0.05) is 31.2 Å². The molecular formula is C18H17Cl2FN2O3S. The van der Waals surface area contributed by atoms with E-state index in [1.165, 1.54) is 10.4 Å². The van der Waals surface area contributed by atoms with Crippen LogP contribution < -0.4 is 0 Å². The summed E-state index contributed by atoms with van der Waals surface area (Å²) in [6, 6.07) is 10.4. The zero-order valence-corrected chi connectivity index (χ0v) is 16.6. The predicted molar refractivity (Wildman–Crippen MR) is 102 cm³/mol. The third-order valence-corrected chi connectivity index (χ3v) is 6.97. The van der Waals surface area contributed by atoms with Crippen LogP contribution >= 0.6 is 23.2 Å². The molecule has 1 aliphatic heterocycles. The molecule has 5 nitrogen and oxygen atoms in total. The van der Waals surface area contributed by atoms with E-state index in [0.29, 0.717) is 5.02 Å². The molecule has 0 aromatic heterocycles. The van der Waals surface area contributed by atoms with Crippen LogP contribution in [0.1, 0.15) is 5.56 Å². The van der Waals surface area contributed by atoms with E-state index in [9.17, 15) is 17.6 Å². The Balaban J connectivity index is 1.65. The molecule has 1 heterocycles. The van der Waals surface area contributed by atoms with Gasteiger partial charge in [-0.1, -0.05) is 41.4 Å². The van der Waals surface area contributed by atoms with Gasteiger partial charge in [0.25, 0.3) is 0 Å². The minimum atomic E-state index is -3.79. The van der Waals surface area contributed by atoms with Crippen LogP contribution in [0.25, 0.3) is 0 Å². The first-order chi connectivity index (χ1) is 12.8. The number of halogens is 3. The van der Waals surface area contributed by atoms with Crippen LogP contribution in [-0.4, -0.2) is 49.7 Å². The fourth-order valence-electron chi connectivity index (χ4n) is 2.88. The van der Waals surface area contributed by atoms with Crippen molar-refractivity contribution >= 4 is 39.1 Å². The van der Waals surface area contributed by atoms with E-state index < -0.39 is 15.8 Å². The number of sulfonamides is 1. The molecule has 2 aromatic rings. The van der Waals surface area contributed by atoms with Gasteiger partial charge in [-0.05, 0) is 29.8 Å². The van der Waals surface area contributed by atoms with Gasteiger partial charge in [0.15, 0.2) is 0 Å². The van der Waals surface area contributed by atoms with Crippen LogP contribution in [0.5, 0.6) is 0 Å². The molecule has 0 unspecified atom stereocenters. The lowest BCUT2D eigenvalue weighted by Crippen LogP contribution is -2.50. The molecule has 0 spiro atoms. The Morgan fingerprint density at radius 2 is 1.67 bits per heavy atom. The van der Waals surface area contributed by atoms with Crippen LogP contribution in [0.3, 0.4) is 0 Å². The number of carbonyl (C=O) groups excluding carboxylic acids is 1. The van der Waals surface area contributed by atoms with E-state index in [-0.39, 0.29) is 48.4 Å². The lowest BCUT2D eigenvalue weighted by molar-refractivity contribution is -0.131. The highest BCUT2D eigenvalue weighted by Gasteiger charge is 2.30. The fourth-order valence-corrected chi connectivity index (χ4v) is 4.78. The lowest BCUT2D eigenvalue weighted by atomic mass is 10.1. The largest absolute Gasteiger partial charge is 0.340 e. The van der Waals surface area contributed by atoms with Crippen molar-refractivity contribution in [3.63, 3.8) is 0 Å². The van der Waals surface area contributed by atoms with Crippen molar-refractivity contribution in [2.75, 3.05) is 26.2 Å². The third kappa shape index (κ3) is 4.43. The molecule has 2 aromatic carbocycles. The molecule has 1 aliphatic rings. The number of benzene rings is 2. The summed E-state index contributed by atoms with van der Waals surface area (Å²) in [5.74, 6) is -0.782. The van der Waals surface area contributed by atoms with Crippen LogP contribution in [0.4, 0.5) is 4.39 Å². The topological polar surface area (TPSA) is 57.7 Å². The van der Waals surface area contributed by atoms with Crippen molar-refractivity contribution in [3.05, 3.63) is 63.9 Å². The highest BCUT2D eigenvalue weighted by Crippen LogP contribution is 2.23. The van der Waals surface area contributed by atoms with Crippen molar-refractivity contribution in [2.24, 2.45) is 0 Å². The molecular weight excluding hydrogens is 414 g/mol. The van der Waals surface area contributed by atoms with Crippen LogP contribution in [0.2, 0.25) is 10.0 Å². The second kappa shape index (κ2) is 8.14. The molecule has 0 N–H and O–H groups in total. The SMILES string of the molecule is O=C(Cc1ccccc1Cl)N1CCN(S(=O)(=O)c2ccc(F)c(Cl)c2)CC1. The first-order valence-corrected chi connectivity index (χ1v) is 10.4. The lowest BCUT2D eigenvalue weighted by Gasteiger charge is -2.34. The highest BCUT2D eigenvalue weighted by molar-refractivity contribution is 7.89. The van der Waals surface area contributed by atoms with Gasteiger partial charge < -0.3 is 4.90 Å². The Bertz CT molecular complexity index is 961. The number of hydrogen-bond donors (Lipinski definition) is 0. The Labute approximate surface area is 167 Å². The molecule has 1 saturated heterocycles. The van der Waals surface area contributed by atoms with Gasteiger partial charge in [-0.15, -0.1) is 0 Å². The Kier molecular flexibility index (Phi) is 6.05. The summed E-state index contributed by atoms with van der Waals surface area (Å²) in [7, 11) is -3.79. The monoisotopic (exact) mass is 430 g/mol. The van der Waals surface area contributed by atoms with Gasteiger partial charge in [-0.2, -0.15) is 4.31 Å². The molecule has 0 aliphatic carbocycles. The summed E-state index contributed by atoms with van der Waals surface area (Å²) in [6.45, 7) is 0.867. The molecule has 9 heteroatoms. The second-order valence-corrected chi connectivity index (χ2v) is 8.88.